The standard InChI is InChI=1S/C22H27NO3/c1-13(2)11-18(21(25)26)23-19-15-8-6-5-7-14(15)17-12-22(3,4)10-9-16(17)20(19)24/h5-8,13,18H,9-12H2,1-4H3,(H,25,26)/b23-19-/t18-/m0/s1. The number of ketones is 1. The lowest BCUT2D eigenvalue weighted by Gasteiger charge is -2.36. The first-order valence-electron chi connectivity index (χ1n) is 9.37. The first kappa shape index (κ1) is 18.6. The summed E-state index contributed by atoms with van der Waals surface area (Å²) in [5, 5.41) is 9.56. The maximum Gasteiger partial charge on any atom is 0.328 e. The Kier molecular flexibility index (Phi) is 4.87. The van der Waals surface area contributed by atoms with Gasteiger partial charge in [-0.3, -0.25) is 9.79 Å². The van der Waals surface area contributed by atoms with Crippen molar-refractivity contribution in [3.05, 3.63) is 41.0 Å². The van der Waals surface area contributed by atoms with Crippen LogP contribution in [-0.2, 0) is 9.59 Å². The zero-order valence-electron chi connectivity index (χ0n) is 16.0. The first-order valence-corrected chi connectivity index (χ1v) is 9.37. The van der Waals surface area contributed by atoms with Gasteiger partial charge in [-0.25, -0.2) is 4.79 Å². The van der Waals surface area contributed by atoms with Gasteiger partial charge in [0.15, 0.2) is 0 Å². The zero-order valence-corrected chi connectivity index (χ0v) is 16.0. The maximum atomic E-state index is 13.2. The van der Waals surface area contributed by atoms with Gasteiger partial charge in [0, 0.05) is 11.1 Å². The smallest absolute Gasteiger partial charge is 0.328 e. The molecule has 0 radical (unpaired) electrons. The van der Waals surface area contributed by atoms with E-state index in [2.05, 4.69) is 18.8 Å². The van der Waals surface area contributed by atoms with Crippen molar-refractivity contribution in [1.29, 1.82) is 0 Å². The van der Waals surface area contributed by atoms with Crippen molar-refractivity contribution in [2.24, 2.45) is 16.3 Å². The summed E-state index contributed by atoms with van der Waals surface area (Å²) >= 11 is 0. The molecular formula is C22H27NO3. The highest BCUT2D eigenvalue weighted by Crippen LogP contribution is 2.46. The lowest BCUT2D eigenvalue weighted by atomic mass is 9.68. The molecule has 0 bridgehead atoms. The number of fused-ring (bicyclic) bond motifs is 2. The molecule has 0 fully saturated rings. The number of carboxylic acid groups (broad SMARTS) is 1. The summed E-state index contributed by atoms with van der Waals surface area (Å²) in [5.41, 5.74) is 4.27. The molecule has 1 aromatic rings. The second-order valence-electron chi connectivity index (χ2n) is 8.63. The van der Waals surface area contributed by atoms with Gasteiger partial charge in [-0.2, -0.15) is 0 Å². The second kappa shape index (κ2) is 6.82. The second-order valence-corrected chi connectivity index (χ2v) is 8.63. The normalized spacial score (nSPS) is 21.6. The van der Waals surface area contributed by atoms with Crippen molar-refractivity contribution in [3.63, 3.8) is 0 Å². The van der Waals surface area contributed by atoms with Crippen LogP contribution in [0, 0.1) is 11.3 Å². The summed E-state index contributed by atoms with van der Waals surface area (Å²) in [6.07, 6.45) is 2.98. The molecule has 0 saturated carbocycles. The van der Waals surface area contributed by atoms with Crippen LogP contribution >= 0.6 is 0 Å². The molecule has 4 heteroatoms. The van der Waals surface area contributed by atoms with Crippen molar-refractivity contribution < 1.29 is 14.7 Å². The van der Waals surface area contributed by atoms with Crippen LogP contribution in [0.1, 0.15) is 64.5 Å². The molecule has 1 N–H and O–H groups in total. The molecule has 0 saturated heterocycles. The van der Waals surface area contributed by atoms with E-state index in [1.165, 1.54) is 0 Å². The summed E-state index contributed by atoms with van der Waals surface area (Å²) in [7, 11) is 0. The number of hydrogen-bond acceptors (Lipinski definition) is 3. The quantitative estimate of drug-likeness (QED) is 0.865. The highest BCUT2D eigenvalue weighted by Gasteiger charge is 2.37. The van der Waals surface area contributed by atoms with E-state index in [0.717, 1.165) is 41.5 Å². The Bertz CT molecular complexity index is 814. The monoisotopic (exact) mass is 353 g/mol. The van der Waals surface area contributed by atoms with Gasteiger partial charge >= 0.3 is 5.97 Å². The van der Waals surface area contributed by atoms with Gasteiger partial charge in [0.1, 0.15) is 11.8 Å². The Hall–Kier alpha value is -2.23. The number of allylic oxidation sites excluding steroid dienone is 2. The lowest BCUT2D eigenvalue weighted by molar-refractivity contribution is -0.138. The number of carbonyl (C=O) groups is 2. The number of benzene rings is 1. The molecule has 0 aromatic heterocycles. The van der Waals surface area contributed by atoms with E-state index in [1.807, 2.05) is 38.1 Å². The summed E-state index contributed by atoms with van der Waals surface area (Å²) in [6, 6.07) is 6.91. The van der Waals surface area contributed by atoms with E-state index in [0.29, 0.717) is 12.1 Å². The molecule has 0 heterocycles. The van der Waals surface area contributed by atoms with Crippen molar-refractivity contribution in [1.82, 2.24) is 0 Å². The maximum absolute atomic E-state index is 13.2. The zero-order chi connectivity index (χ0) is 19.1. The number of aliphatic carboxylic acids is 1. The van der Waals surface area contributed by atoms with E-state index in [1.54, 1.807) is 0 Å². The number of hydrogen-bond donors (Lipinski definition) is 1. The minimum absolute atomic E-state index is 0.0794. The topological polar surface area (TPSA) is 66.7 Å². The van der Waals surface area contributed by atoms with Gasteiger partial charge in [-0.1, -0.05) is 52.0 Å². The molecule has 26 heavy (non-hydrogen) atoms. The third-order valence-corrected chi connectivity index (χ3v) is 5.33. The van der Waals surface area contributed by atoms with E-state index in [9.17, 15) is 14.7 Å². The van der Waals surface area contributed by atoms with Crippen LogP contribution in [0.25, 0.3) is 5.57 Å². The van der Waals surface area contributed by atoms with Crippen LogP contribution in [0.5, 0.6) is 0 Å². The van der Waals surface area contributed by atoms with Crippen LogP contribution in [0.3, 0.4) is 0 Å². The van der Waals surface area contributed by atoms with E-state index in [-0.39, 0.29) is 17.1 Å². The molecule has 1 aromatic carbocycles. The molecule has 1 atom stereocenters. The summed E-state index contributed by atoms with van der Waals surface area (Å²) in [6.45, 7) is 8.40. The van der Waals surface area contributed by atoms with Gasteiger partial charge in [0.05, 0.1) is 0 Å². The van der Waals surface area contributed by atoms with E-state index in [4.69, 9.17) is 0 Å². The van der Waals surface area contributed by atoms with Crippen LogP contribution in [0.2, 0.25) is 0 Å². The molecule has 0 unspecified atom stereocenters. The third kappa shape index (κ3) is 3.50. The molecule has 0 spiro atoms. The number of nitrogens with zero attached hydrogens (tertiary/aromatic N) is 1. The predicted octanol–water partition coefficient (Wildman–Crippen LogP) is 4.52. The fourth-order valence-corrected chi connectivity index (χ4v) is 3.95. The Morgan fingerprint density at radius 2 is 1.85 bits per heavy atom. The Morgan fingerprint density at radius 1 is 1.19 bits per heavy atom. The fraction of sp³-hybridized carbons (Fsp3) is 0.500. The molecule has 2 aliphatic rings. The Labute approximate surface area is 155 Å². The predicted molar refractivity (Wildman–Crippen MR) is 103 cm³/mol. The SMILES string of the molecule is CC(C)C[C@H](/N=C1\C(=O)C2=C(CC(C)(C)CC2)c2ccccc21)C(=O)O. The average molecular weight is 353 g/mol. The van der Waals surface area contributed by atoms with Gasteiger partial charge < -0.3 is 5.11 Å². The van der Waals surface area contributed by atoms with Gasteiger partial charge in [0.25, 0.3) is 0 Å². The van der Waals surface area contributed by atoms with Gasteiger partial charge in [-0.05, 0) is 48.2 Å². The molecule has 0 aliphatic heterocycles. The van der Waals surface area contributed by atoms with E-state index < -0.39 is 12.0 Å². The molecule has 4 nitrogen and oxygen atoms in total. The average Bonchev–Trinajstić information content (AvgIpc) is 2.56. The number of carboxylic acids is 1. The minimum Gasteiger partial charge on any atom is -0.480 e. The van der Waals surface area contributed by atoms with Crippen molar-refractivity contribution >= 4 is 23.0 Å². The number of rotatable bonds is 4. The van der Waals surface area contributed by atoms with Crippen LogP contribution in [-0.4, -0.2) is 28.6 Å². The molecule has 0 amide bonds. The molecule has 3 rings (SSSR count). The van der Waals surface area contributed by atoms with Gasteiger partial charge in [-0.15, -0.1) is 0 Å². The molecular weight excluding hydrogens is 326 g/mol. The van der Waals surface area contributed by atoms with Crippen LogP contribution in [0.15, 0.2) is 34.8 Å². The van der Waals surface area contributed by atoms with Crippen molar-refractivity contribution in [2.75, 3.05) is 0 Å². The van der Waals surface area contributed by atoms with Gasteiger partial charge in [0.2, 0.25) is 5.78 Å². The first-order chi connectivity index (χ1) is 12.2. The van der Waals surface area contributed by atoms with Crippen molar-refractivity contribution in [3.8, 4) is 0 Å². The van der Waals surface area contributed by atoms with Crippen molar-refractivity contribution in [2.45, 2.75) is 59.4 Å². The third-order valence-electron chi connectivity index (χ3n) is 5.33. The number of Topliss-reactive ketones (excluding diaryl/α,β-unsaturated/α-hetero) is 1. The lowest BCUT2D eigenvalue weighted by Crippen LogP contribution is -2.32. The summed E-state index contributed by atoms with van der Waals surface area (Å²) < 4.78 is 0. The molecule has 2 aliphatic carbocycles. The van der Waals surface area contributed by atoms with E-state index >= 15 is 0 Å². The Morgan fingerprint density at radius 3 is 2.46 bits per heavy atom. The summed E-state index contributed by atoms with van der Waals surface area (Å²) in [4.78, 5) is 29.3. The number of carbonyl (C=O) groups excluding carboxylic acids is 1. The fourth-order valence-electron chi connectivity index (χ4n) is 3.95. The number of aliphatic imine (C=N–C) groups is 1. The van der Waals surface area contributed by atoms with Crippen LogP contribution in [0.4, 0.5) is 0 Å². The highest BCUT2D eigenvalue weighted by atomic mass is 16.4. The van der Waals surface area contributed by atoms with Crippen LogP contribution < -0.4 is 0 Å². The highest BCUT2D eigenvalue weighted by molar-refractivity contribution is 6.54. The largest absolute Gasteiger partial charge is 0.480 e. The molecule has 138 valence electrons. The Balaban J connectivity index is 2.12. The summed E-state index contributed by atoms with van der Waals surface area (Å²) in [5.74, 6) is -0.857. The minimum atomic E-state index is -0.971.